The van der Waals surface area contributed by atoms with Gasteiger partial charge in [0.05, 0.1) is 0 Å². The molecule has 27 heavy (non-hydrogen) atoms. The van der Waals surface area contributed by atoms with Gasteiger partial charge in [0.2, 0.25) is 5.91 Å². The Morgan fingerprint density at radius 1 is 1.04 bits per heavy atom. The molecular formula is C24H42N2O. The van der Waals surface area contributed by atoms with E-state index in [1.807, 2.05) is 0 Å². The highest BCUT2D eigenvalue weighted by Crippen LogP contribution is 2.63. The Labute approximate surface area is 166 Å². The Morgan fingerprint density at radius 2 is 1.81 bits per heavy atom. The third-order valence-corrected chi connectivity index (χ3v) is 9.44. The van der Waals surface area contributed by atoms with Crippen molar-refractivity contribution in [3.8, 4) is 0 Å². The Hall–Kier alpha value is -0.570. The van der Waals surface area contributed by atoms with Crippen molar-refractivity contribution in [3.63, 3.8) is 0 Å². The fourth-order valence-corrected chi connectivity index (χ4v) is 7.82. The maximum atomic E-state index is 12.5. The van der Waals surface area contributed by atoms with E-state index < -0.39 is 0 Å². The summed E-state index contributed by atoms with van der Waals surface area (Å²) < 4.78 is 0. The molecule has 4 aliphatic rings. The Bertz CT molecular complexity index is 561. The molecule has 7 atom stereocenters. The van der Waals surface area contributed by atoms with Crippen LogP contribution in [0.1, 0.15) is 91.9 Å². The first-order chi connectivity index (χ1) is 12.8. The molecule has 2 N–H and O–H groups in total. The number of hydrogen-bond donors (Lipinski definition) is 2. The standard InChI is InChI=1S/C24H42N2O/c1-16(2)6-11-22(27)26-21-10-8-18-17-7-9-20-23(3,13-5-15-25-20)19(17)12-14-24(18,21)4/h16-21,25H,5-15H2,1-4H3,(H,26,27)/t17-,18-,19-,20+,21-,23+,24-/m0/s1. The quantitative estimate of drug-likeness (QED) is 0.735. The molecule has 0 radical (unpaired) electrons. The van der Waals surface area contributed by atoms with Gasteiger partial charge < -0.3 is 10.6 Å². The van der Waals surface area contributed by atoms with Crippen molar-refractivity contribution in [2.24, 2.45) is 34.5 Å². The van der Waals surface area contributed by atoms with Gasteiger partial charge in [0.1, 0.15) is 0 Å². The van der Waals surface area contributed by atoms with E-state index in [1.165, 1.54) is 57.9 Å². The van der Waals surface area contributed by atoms with E-state index in [1.54, 1.807) is 0 Å². The summed E-state index contributed by atoms with van der Waals surface area (Å²) >= 11 is 0. The summed E-state index contributed by atoms with van der Waals surface area (Å²) in [5.74, 6) is 3.52. The zero-order valence-electron chi connectivity index (χ0n) is 18.2. The molecular weight excluding hydrogens is 332 g/mol. The number of carbonyl (C=O) groups excluding carboxylic acids is 1. The van der Waals surface area contributed by atoms with Crippen LogP contribution in [0.4, 0.5) is 0 Å². The monoisotopic (exact) mass is 374 g/mol. The minimum atomic E-state index is 0.296. The zero-order valence-corrected chi connectivity index (χ0v) is 18.2. The lowest BCUT2D eigenvalue weighted by Crippen LogP contribution is -2.60. The van der Waals surface area contributed by atoms with Crippen LogP contribution >= 0.6 is 0 Å². The van der Waals surface area contributed by atoms with Crippen molar-refractivity contribution in [3.05, 3.63) is 0 Å². The molecule has 0 unspecified atom stereocenters. The topological polar surface area (TPSA) is 41.1 Å². The predicted octanol–water partition coefficient (Wildman–Crippen LogP) is 4.90. The summed E-state index contributed by atoms with van der Waals surface area (Å²) in [6, 6.07) is 1.17. The lowest BCUT2D eigenvalue weighted by molar-refractivity contribution is -0.124. The molecule has 0 aromatic carbocycles. The molecule has 1 saturated heterocycles. The van der Waals surface area contributed by atoms with E-state index in [2.05, 4.69) is 38.3 Å². The van der Waals surface area contributed by atoms with E-state index in [-0.39, 0.29) is 0 Å². The number of fused-ring (bicyclic) bond motifs is 5. The van der Waals surface area contributed by atoms with Crippen LogP contribution in [0.3, 0.4) is 0 Å². The number of amides is 1. The average Bonchev–Trinajstić information content (AvgIpc) is 2.96. The van der Waals surface area contributed by atoms with Crippen LogP contribution in [0.2, 0.25) is 0 Å². The first kappa shape index (κ1) is 19.7. The fraction of sp³-hybridized carbons (Fsp3) is 0.958. The SMILES string of the molecule is CC(C)CCC(=O)N[C@H]1CC[C@H]2[C@@H]3CC[C@H]4NCCC[C@]4(C)[C@H]3CC[C@]12C. The van der Waals surface area contributed by atoms with Crippen LogP contribution in [0.25, 0.3) is 0 Å². The molecule has 3 aliphatic carbocycles. The molecule has 4 fully saturated rings. The molecule has 1 amide bonds. The summed E-state index contributed by atoms with van der Waals surface area (Å²) in [6.45, 7) is 10.8. The molecule has 0 aromatic rings. The largest absolute Gasteiger partial charge is 0.353 e. The smallest absolute Gasteiger partial charge is 0.220 e. The van der Waals surface area contributed by atoms with Gasteiger partial charge in [0.15, 0.2) is 0 Å². The van der Waals surface area contributed by atoms with Gasteiger partial charge in [-0.25, -0.2) is 0 Å². The molecule has 4 rings (SSSR count). The lowest BCUT2D eigenvalue weighted by atomic mass is 9.47. The normalized spacial score (nSPS) is 46.5. The van der Waals surface area contributed by atoms with Crippen molar-refractivity contribution in [1.82, 2.24) is 10.6 Å². The molecule has 3 nitrogen and oxygen atoms in total. The maximum Gasteiger partial charge on any atom is 0.220 e. The van der Waals surface area contributed by atoms with Crippen LogP contribution in [0, 0.1) is 34.5 Å². The van der Waals surface area contributed by atoms with Gasteiger partial charge in [-0.2, -0.15) is 0 Å². The molecule has 3 saturated carbocycles. The maximum absolute atomic E-state index is 12.5. The highest BCUT2D eigenvalue weighted by molar-refractivity contribution is 5.76. The predicted molar refractivity (Wildman–Crippen MR) is 111 cm³/mol. The second-order valence-corrected chi connectivity index (χ2v) is 11.2. The molecule has 1 aliphatic heterocycles. The number of carbonyl (C=O) groups is 1. The van der Waals surface area contributed by atoms with E-state index in [4.69, 9.17) is 0 Å². The molecule has 3 heteroatoms. The summed E-state index contributed by atoms with van der Waals surface area (Å²) in [5.41, 5.74) is 0.848. The van der Waals surface area contributed by atoms with Crippen molar-refractivity contribution in [1.29, 1.82) is 0 Å². The van der Waals surface area contributed by atoms with Gasteiger partial charge >= 0.3 is 0 Å². The summed E-state index contributed by atoms with van der Waals surface area (Å²) in [6.07, 6.45) is 12.5. The molecule has 1 heterocycles. The second-order valence-electron chi connectivity index (χ2n) is 11.2. The number of nitrogens with one attached hydrogen (secondary N) is 2. The molecule has 154 valence electrons. The summed E-state index contributed by atoms with van der Waals surface area (Å²) in [5, 5.41) is 7.35. The van der Waals surface area contributed by atoms with Crippen LogP contribution in [0.15, 0.2) is 0 Å². The molecule has 0 spiro atoms. The van der Waals surface area contributed by atoms with E-state index in [0.717, 1.165) is 30.2 Å². The minimum absolute atomic E-state index is 0.296. The van der Waals surface area contributed by atoms with E-state index in [0.29, 0.717) is 35.1 Å². The minimum Gasteiger partial charge on any atom is -0.353 e. The van der Waals surface area contributed by atoms with Crippen molar-refractivity contribution in [2.45, 2.75) is 104 Å². The van der Waals surface area contributed by atoms with Crippen LogP contribution in [0.5, 0.6) is 0 Å². The zero-order chi connectivity index (χ0) is 19.2. The van der Waals surface area contributed by atoms with Gasteiger partial charge in [-0.3, -0.25) is 4.79 Å². The molecule has 0 aromatic heterocycles. The van der Waals surface area contributed by atoms with Gasteiger partial charge in [-0.05, 0) is 98.8 Å². The van der Waals surface area contributed by atoms with Gasteiger partial charge in [0, 0.05) is 18.5 Å². The van der Waals surface area contributed by atoms with Gasteiger partial charge in [-0.1, -0.05) is 27.7 Å². The van der Waals surface area contributed by atoms with Crippen molar-refractivity contribution in [2.75, 3.05) is 6.54 Å². The van der Waals surface area contributed by atoms with E-state index in [9.17, 15) is 4.79 Å². The average molecular weight is 375 g/mol. The first-order valence-electron chi connectivity index (χ1n) is 11.9. The third kappa shape index (κ3) is 3.36. The van der Waals surface area contributed by atoms with Gasteiger partial charge in [0.25, 0.3) is 0 Å². The number of piperidine rings is 1. The Balaban J connectivity index is 1.46. The van der Waals surface area contributed by atoms with Crippen LogP contribution < -0.4 is 10.6 Å². The molecule has 0 bridgehead atoms. The number of rotatable bonds is 4. The highest BCUT2D eigenvalue weighted by atomic mass is 16.1. The van der Waals surface area contributed by atoms with E-state index >= 15 is 0 Å². The summed E-state index contributed by atoms with van der Waals surface area (Å²) in [7, 11) is 0. The third-order valence-electron chi connectivity index (χ3n) is 9.44. The van der Waals surface area contributed by atoms with Crippen LogP contribution in [-0.2, 0) is 4.79 Å². The first-order valence-corrected chi connectivity index (χ1v) is 11.9. The van der Waals surface area contributed by atoms with Gasteiger partial charge in [-0.15, -0.1) is 0 Å². The van der Waals surface area contributed by atoms with Crippen LogP contribution in [-0.4, -0.2) is 24.5 Å². The number of hydrogen-bond acceptors (Lipinski definition) is 2. The Kier molecular flexibility index (Phi) is 5.37. The second kappa shape index (κ2) is 7.35. The van der Waals surface area contributed by atoms with Crippen molar-refractivity contribution >= 4 is 5.91 Å². The Morgan fingerprint density at radius 3 is 2.59 bits per heavy atom. The lowest BCUT2D eigenvalue weighted by Gasteiger charge is -2.60. The fourth-order valence-electron chi connectivity index (χ4n) is 7.82. The summed E-state index contributed by atoms with van der Waals surface area (Å²) in [4.78, 5) is 12.5. The highest BCUT2D eigenvalue weighted by Gasteiger charge is 2.59. The van der Waals surface area contributed by atoms with Crippen molar-refractivity contribution < 1.29 is 4.79 Å².